The van der Waals surface area contributed by atoms with E-state index in [1.807, 2.05) is 17.6 Å². The van der Waals surface area contributed by atoms with E-state index in [4.69, 9.17) is 4.42 Å². The van der Waals surface area contributed by atoms with Crippen molar-refractivity contribution in [1.82, 2.24) is 10.3 Å². The number of nitrogens with one attached hydrogen (secondary N) is 1. The second-order valence-corrected chi connectivity index (χ2v) is 6.13. The Balaban J connectivity index is 1.70. The van der Waals surface area contributed by atoms with Gasteiger partial charge in [-0.2, -0.15) is 0 Å². The van der Waals surface area contributed by atoms with E-state index in [0.717, 1.165) is 23.6 Å². The number of hydrogen-bond donors (Lipinski definition) is 1. The lowest BCUT2D eigenvalue weighted by Crippen LogP contribution is -2.39. The van der Waals surface area contributed by atoms with E-state index in [-0.39, 0.29) is 11.3 Å². The molecule has 3 rings (SSSR count). The van der Waals surface area contributed by atoms with Crippen LogP contribution in [-0.4, -0.2) is 18.1 Å². The van der Waals surface area contributed by atoms with Crippen LogP contribution in [-0.2, 0) is 16.8 Å². The van der Waals surface area contributed by atoms with Gasteiger partial charge in [0.25, 0.3) is 0 Å². The van der Waals surface area contributed by atoms with Gasteiger partial charge in [0, 0.05) is 11.6 Å². The maximum Gasteiger partial charge on any atom is 0.373 e. The van der Waals surface area contributed by atoms with Crippen LogP contribution in [0.2, 0.25) is 0 Å². The Bertz CT molecular complexity index is 600. The number of hydrogen-bond acceptors (Lipinski definition) is 6. The lowest BCUT2D eigenvalue weighted by Gasteiger charge is -2.27. The molecule has 1 saturated carbocycles. The first-order valence-electron chi connectivity index (χ1n) is 7.05. The van der Waals surface area contributed by atoms with Crippen molar-refractivity contribution in [2.75, 3.05) is 7.11 Å². The highest BCUT2D eigenvalue weighted by Gasteiger charge is 2.37. The first-order valence-corrected chi connectivity index (χ1v) is 7.93. The van der Waals surface area contributed by atoms with Crippen LogP contribution >= 0.6 is 11.3 Å². The standard InChI is InChI=1S/C15H18N2O3S/c1-19-13(18)12-5-4-11(20-12)10-17-15(6-2-3-7-15)14-16-8-9-21-14/h4-5,8-9,17H,2-3,6-7,10H2,1H3. The summed E-state index contributed by atoms with van der Waals surface area (Å²) in [4.78, 5) is 15.9. The molecule has 1 aliphatic carbocycles. The summed E-state index contributed by atoms with van der Waals surface area (Å²) in [5.41, 5.74) is -0.0492. The SMILES string of the molecule is COC(=O)c1ccc(CNC2(c3nccs3)CCCC2)o1. The zero-order chi connectivity index (χ0) is 14.7. The van der Waals surface area contributed by atoms with Gasteiger partial charge in [0.15, 0.2) is 0 Å². The van der Waals surface area contributed by atoms with Crippen molar-refractivity contribution < 1.29 is 13.9 Å². The summed E-state index contributed by atoms with van der Waals surface area (Å²) in [6.07, 6.45) is 6.44. The first-order chi connectivity index (χ1) is 10.2. The van der Waals surface area contributed by atoms with Gasteiger partial charge in [-0.25, -0.2) is 9.78 Å². The summed E-state index contributed by atoms with van der Waals surface area (Å²) in [6, 6.07) is 3.46. The Hall–Kier alpha value is -1.66. The number of aromatic nitrogens is 1. The van der Waals surface area contributed by atoms with Gasteiger partial charge < -0.3 is 9.15 Å². The summed E-state index contributed by atoms with van der Waals surface area (Å²) in [7, 11) is 1.35. The molecule has 2 heterocycles. The van der Waals surface area contributed by atoms with E-state index in [9.17, 15) is 4.79 Å². The number of thiazole rings is 1. The number of furan rings is 1. The summed E-state index contributed by atoms with van der Waals surface area (Å²) in [5.74, 6) is 0.527. The van der Waals surface area contributed by atoms with Gasteiger partial charge in [-0.15, -0.1) is 11.3 Å². The predicted molar refractivity (Wildman–Crippen MR) is 79.1 cm³/mol. The highest BCUT2D eigenvalue weighted by atomic mass is 32.1. The van der Waals surface area contributed by atoms with E-state index in [0.29, 0.717) is 6.54 Å². The largest absolute Gasteiger partial charge is 0.463 e. The third-order valence-electron chi connectivity index (χ3n) is 3.95. The van der Waals surface area contributed by atoms with E-state index < -0.39 is 5.97 Å². The minimum atomic E-state index is -0.447. The van der Waals surface area contributed by atoms with Crippen molar-refractivity contribution in [3.63, 3.8) is 0 Å². The van der Waals surface area contributed by atoms with Gasteiger partial charge in [-0.05, 0) is 25.0 Å². The maximum absolute atomic E-state index is 11.4. The van der Waals surface area contributed by atoms with Crippen molar-refractivity contribution >= 4 is 17.3 Å². The number of ether oxygens (including phenoxy) is 1. The summed E-state index contributed by atoms with van der Waals surface area (Å²) in [6.45, 7) is 0.580. The number of rotatable bonds is 5. The minimum absolute atomic E-state index is 0.0492. The highest BCUT2D eigenvalue weighted by molar-refractivity contribution is 7.09. The first kappa shape index (κ1) is 14.3. The summed E-state index contributed by atoms with van der Waals surface area (Å²) >= 11 is 1.69. The van der Waals surface area contributed by atoms with Gasteiger partial charge >= 0.3 is 5.97 Å². The second kappa shape index (κ2) is 5.99. The topological polar surface area (TPSA) is 64.4 Å². The van der Waals surface area contributed by atoms with Gasteiger partial charge in [-0.3, -0.25) is 5.32 Å². The average Bonchev–Trinajstić information content (AvgIpc) is 3.24. The van der Waals surface area contributed by atoms with Crippen LogP contribution in [0.25, 0.3) is 0 Å². The van der Waals surface area contributed by atoms with E-state index >= 15 is 0 Å². The highest BCUT2D eigenvalue weighted by Crippen LogP contribution is 2.39. The molecule has 0 spiro atoms. The molecule has 0 atom stereocenters. The zero-order valence-corrected chi connectivity index (χ0v) is 12.7. The predicted octanol–water partition coefficient (Wildman–Crippen LogP) is 3.08. The van der Waals surface area contributed by atoms with Crippen LogP contribution < -0.4 is 5.32 Å². The van der Waals surface area contributed by atoms with Crippen molar-refractivity contribution in [3.05, 3.63) is 40.2 Å². The fourth-order valence-electron chi connectivity index (χ4n) is 2.84. The average molecular weight is 306 g/mol. The molecule has 0 aromatic carbocycles. The van der Waals surface area contributed by atoms with Crippen LogP contribution in [0, 0.1) is 0 Å². The molecule has 2 aromatic rings. The Morgan fingerprint density at radius 1 is 1.48 bits per heavy atom. The Labute approximate surface area is 127 Å². The maximum atomic E-state index is 11.4. The van der Waals surface area contributed by atoms with E-state index in [2.05, 4.69) is 15.0 Å². The Morgan fingerprint density at radius 2 is 2.29 bits per heavy atom. The van der Waals surface area contributed by atoms with E-state index in [1.165, 1.54) is 20.0 Å². The zero-order valence-electron chi connectivity index (χ0n) is 11.9. The fraction of sp³-hybridized carbons (Fsp3) is 0.467. The molecular formula is C15H18N2O3S. The lowest BCUT2D eigenvalue weighted by molar-refractivity contribution is 0.0562. The lowest BCUT2D eigenvalue weighted by atomic mass is 9.98. The Kier molecular flexibility index (Phi) is 4.07. The molecular weight excluding hydrogens is 288 g/mol. The second-order valence-electron chi connectivity index (χ2n) is 5.24. The van der Waals surface area contributed by atoms with Crippen LogP contribution in [0.1, 0.15) is 47.0 Å². The van der Waals surface area contributed by atoms with Crippen LogP contribution in [0.4, 0.5) is 0 Å². The van der Waals surface area contributed by atoms with Gasteiger partial charge in [0.05, 0.1) is 19.2 Å². The molecule has 1 N–H and O–H groups in total. The molecule has 2 aromatic heterocycles. The fourth-order valence-corrected chi connectivity index (χ4v) is 3.72. The molecule has 0 aliphatic heterocycles. The molecule has 112 valence electrons. The number of carbonyl (C=O) groups is 1. The molecule has 6 heteroatoms. The number of esters is 1. The Morgan fingerprint density at radius 3 is 2.95 bits per heavy atom. The molecule has 0 bridgehead atoms. The number of methoxy groups -OCH3 is 1. The third-order valence-corrected chi connectivity index (χ3v) is 4.93. The van der Waals surface area contributed by atoms with Crippen molar-refractivity contribution in [2.45, 2.75) is 37.8 Å². The van der Waals surface area contributed by atoms with Gasteiger partial charge in [-0.1, -0.05) is 12.8 Å². The third kappa shape index (κ3) is 2.87. The molecule has 21 heavy (non-hydrogen) atoms. The number of nitrogens with zero attached hydrogens (tertiary/aromatic N) is 1. The molecule has 0 unspecified atom stereocenters. The van der Waals surface area contributed by atoms with E-state index in [1.54, 1.807) is 17.4 Å². The molecule has 1 fully saturated rings. The summed E-state index contributed by atoms with van der Waals surface area (Å²) in [5, 5.41) is 6.74. The van der Waals surface area contributed by atoms with Crippen LogP contribution in [0.5, 0.6) is 0 Å². The number of carbonyl (C=O) groups excluding carboxylic acids is 1. The summed E-state index contributed by atoms with van der Waals surface area (Å²) < 4.78 is 10.1. The monoisotopic (exact) mass is 306 g/mol. The van der Waals surface area contributed by atoms with Crippen molar-refractivity contribution in [1.29, 1.82) is 0 Å². The van der Waals surface area contributed by atoms with Gasteiger partial charge in [0.1, 0.15) is 10.8 Å². The smallest absolute Gasteiger partial charge is 0.373 e. The van der Waals surface area contributed by atoms with Crippen molar-refractivity contribution in [2.24, 2.45) is 0 Å². The molecule has 0 saturated heterocycles. The molecule has 0 amide bonds. The van der Waals surface area contributed by atoms with Gasteiger partial charge in [0.2, 0.25) is 5.76 Å². The minimum Gasteiger partial charge on any atom is -0.463 e. The van der Waals surface area contributed by atoms with Crippen LogP contribution in [0.15, 0.2) is 28.1 Å². The quantitative estimate of drug-likeness (QED) is 0.860. The van der Waals surface area contributed by atoms with Crippen LogP contribution in [0.3, 0.4) is 0 Å². The molecule has 0 radical (unpaired) electrons. The molecule has 1 aliphatic rings. The van der Waals surface area contributed by atoms with Crippen molar-refractivity contribution in [3.8, 4) is 0 Å². The normalized spacial score (nSPS) is 17.0. The molecule has 5 nitrogen and oxygen atoms in total.